The summed E-state index contributed by atoms with van der Waals surface area (Å²) in [5, 5.41) is 13.4. The van der Waals surface area contributed by atoms with Gasteiger partial charge in [-0.05, 0) is 43.0 Å². The van der Waals surface area contributed by atoms with Crippen molar-refractivity contribution in [1.29, 1.82) is 0 Å². The van der Waals surface area contributed by atoms with Crippen molar-refractivity contribution in [3.05, 3.63) is 29.8 Å². The summed E-state index contributed by atoms with van der Waals surface area (Å²) in [7, 11) is 0. The van der Waals surface area contributed by atoms with Crippen LogP contribution >= 0.6 is 0 Å². The Bertz CT molecular complexity index is 385. The Morgan fingerprint density at radius 3 is 2.62 bits per heavy atom. The minimum absolute atomic E-state index is 0.334. The molecule has 0 saturated heterocycles. The number of benzene rings is 1. The molecular weight excluding hydrogens is 262 g/mol. The van der Waals surface area contributed by atoms with E-state index in [1.54, 1.807) is 0 Å². The zero-order valence-corrected chi connectivity index (χ0v) is 13.2. The van der Waals surface area contributed by atoms with E-state index in [1.165, 1.54) is 31.2 Å². The molecule has 1 aliphatic rings. The van der Waals surface area contributed by atoms with E-state index in [-0.39, 0.29) is 6.10 Å². The average molecular weight is 291 g/mol. The van der Waals surface area contributed by atoms with Crippen LogP contribution in [0.4, 0.5) is 0 Å². The number of aliphatic hydroxyl groups excluding tert-OH is 1. The first kappa shape index (κ1) is 16.3. The molecule has 0 radical (unpaired) electrons. The Labute approximate surface area is 128 Å². The van der Waals surface area contributed by atoms with Crippen molar-refractivity contribution in [2.75, 3.05) is 13.2 Å². The number of ether oxygens (including phenoxy) is 1. The molecular formula is C18H29NO2. The molecule has 0 spiro atoms. The Balaban J connectivity index is 1.67. The van der Waals surface area contributed by atoms with Crippen LogP contribution in [-0.2, 0) is 6.54 Å². The summed E-state index contributed by atoms with van der Waals surface area (Å²) >= 11 is 0. The van der Waals surface area contributed by atoms with Crippen LogP contribution in [0.3, 0.4) is 0 Å². The van der Waals surface area contributed by atoms with E-state index in [1.807, 2.05) is 12.1 Å². The summed E-state index contributed by atoms with van der Waals surface area (Å²) in [6.07, 6.45) is 6.91. The van der Waals surface area contributed by atoms with Gasteiger partial charge in [0, 0.05) is 6.54 Å². The molecule has 3 nitrogen and oxygen atoms in total. The highest BCUT2D eigenvalue weighted by Gasteiger charge is 2.19. The predicted molar refractivity (Wildman–Crippen MR) is 86.5 cm³/mol. The Hall–Kier alpha value is -1.06. The molecule has 0 aliphatic heterocycles. The smallest absolute Gasteiger partial charge is 0.119 e. The number of rotatable bonds is 9. The van der Waals surface area contributed by atoms with Crippen LogP contribution in [0.5, 0.6) is 5.75 Å². The second-order valence-electron chi connectivity index (χ2n) is 6.17. The van der Waals surface area contributed by atoms with Gasteiger partial charge in [-0.15, -0.1) is 0 Å². The average Bonchev–Trinajstić information content (AvgIpc) is 2.99. The maximum absolute atomic E-state index is 10.0. The molecule has 1 fully saturated rings. The highest BCUT2D eigenvalue weighted by Crippen LogP contribution is 2.28. The zero-order valence-electron chi connectivity index (χ0n) is 13.2. The van der Waals surface area contributed by atoms with Crippen molar-refractivity contribution in [3.63, 3.8) is 0 Å². The molecule has 21 heavy (non-hydrogen) atoms. The minimum Gasteiger partial charge on any atom is -0.491 e. The van der Waals surface area contributed by atoms with Crippen molar-refractivity contribution < 1.29 is 9.84 Å². The van der Waals surface area contributed by atoms with Gasteiger partial charge in [-0.25, -0.2) is 0 Å². The van der Waals surface area contributed by atoms with Gasteiger partial charge in [-0.3, -0.25) is 0 Å². The molecule has 0 heterocycles. The highest BCUT2D eigenvalue weighted by molar-refractivity contribution is 5.27. The maximum atomic E-state index is 10.0. The number of aliphatic hydroxyl groups is 1. The van der Waals surface area contributed by atoms with Gasteiger partial charge in [-0.2, -0.15) is 0 Å². The van der Waals surface area contributed by atoms with Gasteiger partial charge in [0.25, 0.3) is 0 Å². The van der Waals surface area contributed by atoms with E-state index in [0.717, 1.165) is 31.7 Å². The third-order valence-corrected chi connectivity index (χ3v) is 4.20. The maximum Gasteiger partial charge on any atom is 0.119 e. The predicted octanol–water partition coefficient (Wildman–Crippen LogP) is 3.51. The molecule has 0 amide bonds. The molecule has 1 unspecified atom stereocenters. The topological polar surface area (TPSA) is 41.5 Å². The zero-order chi connectivity index (χ0) is 14.9. The fourth-order valence-electron chi connectivity index (χ4n) is 3.00. The Kier molecular flexibility index (Phi) is 7.04. The molecule has 1 aromatic carbocycles. The van der Waals surface area contributed by atoms with Crippen molar-refractivity contribution in [2.45, 2.75) is 58.1 Å². The summed E-state index contributed by atoms with van der Waals surface area (Å²) in [5.74, 6) is 1.55. The largest absolute Gasteiger partial charge is 0.491 e. The van der Waals surface area contributed by atoms with Crippen LogP contribution in [0.15, 0.2) is 24.3 Å². The molecule has 118 valence electrons. The second kappa shape index (κ2) is 9.06. The lowest BCUT2D eigenvalue weighted by Crippen LogP contribution is -2.20. The van der Waals surface area contributed by atoms with E-state index in [4.69, 9.17) is 4.74 Å². The van der Waals surface area contributed by atoms with Crippen molar-refractivity contribution in [2.24, 2.45) is 5.92 Å². The minimum atomic E-state index is -0.334. The molecule has 1 aromatic rings. The quantitative estimate of drug-likeness (QED) is 0.684. The molecule has 3 heteroatoms. The summed E-state index contributed by atoms with van der Waals surface area (Å²) in [5.41, 5.74) is 1.27. The SMILES string of the molecule is CCCNCc1ccc(OCC(O)CC2CCCC2)cc1. The molecule has 1 saturated carbocycles. The molecule has 2 N–H and O–H groups in total. The number of nitrogens with one attached hydrogen (secondary N) is 1. The van der Waals surface area contributed by atoms with Crippen molar-refractivity contribution in [1.82, 2.24) is 5.32 Å². The molecule has 0 aromatic heterocycles. The first-order chi connectivity index (χ1) is 10.3. The Morgan fingerprint density at radius 1 is 1.24 bits per heavy atom. The van der Waals surface area contributed by atoms with E-state index in [0.29, 0.717) is 12.5 Å². The summed E-state index contributed by atoms with van der Waals surface area (Å²) < 4.78 is 5.69. The lowest BCUT2D eigenvalue weighted by atomic mass is 10.0. The molecule has 2 rings (SSSR count). The standard InChI is InChI=1S/C18H29NO2/c1-2-11-19-13-16-7-9-18(10-8-16)21-14-17(20)12-15-5-3-4-6-15/h7-10,15,17,19-20H,2-6,11-14H2,1H3. The van der Waals surface area contributed by atoms with Crippen LogP contribution in [-0.4, -0.2) is 24.4 Å². The van der Waals surface area contributed by atoms with Crippen LogP contribution in [0.2, 0.25) is 0 Å². The second-order valence-corrected chi connectivity index (χ2v) is 6.17. The lowest BCUT2D eigenvalue weighted by molar-refractivity contribution is 0.0855. The van der Waals surface area contributed by atoms with Crippen LogP contribution in [0, 0.1) is 5.92 Å². The monoisotopic (exact) mass is 291 g/mol. The molecule has 1 aliphatic carbocycles. The fraction of sp³-hybridized carbons (Fsp3) is 0.667. The van der Waals surface area contributed by atoms with Gasteiger partial charge in [0.2, 0.25) is 0 Å². The van der Waals surface area contributed by atoms with Crippen LogP contribution in [0.25, 0.3) is 0 Å². The number of hydrogen-bond donors (Lipinski definition) is 2. The van der Waals surface area contributed by atoms with E-state index < -0.39 is 0 Å². The third-order valence-electron chi connectivity index (χ3n) is 4.20. The van der Waals surface area contributed by atoms with E-state index in [9.17, 15) is 5.11 Å². The van der Waals surface area contributed by atoms with Gasteiger partial charge in [0.1, 0.15) is 12.4 Å². The van der Waals surface area contributed by atoms with Crippen molar-refractivity contribution >= 4 is 0 Å². The molecule has 0 bridgehead atoms. The van der Waals surface area contributed by atoms with E-state index in [2.05, 4.69) is 24.4 Å². The molecule has 1 atom stereocenters. The third kappa shape index (κ3) is 6.06. The fourth-order valence-corrected chi connectivity index (χ4v) is 3.00. The summed E-state index contributed by atoms with van der Waals surface area (Å²) in [4.78, 5) is 0. The van der Waals surface area contributed by atoms with Gasteiger partial charge in [-0.1, -0.05) is 44.7 Å². The van der Waals surface area contributed by atoms with Crippen LogP contribution in [0.1, 0.15) is 51.0 Å². The first-order valence-electron chi connectivity index (χ1n) is 8.38. The van der Waals surface area contributed by atoms with Crippen molar-refractivity contribution in [3.8, 4) is 5.75 Å². The first-order valence-corrected chi connectivity index (χ1v) is 8.38. The van der Waals surface area contributed by atoms with Gasteiger partial charge in [0.05, 0.1) is 6.10 Å². The summed E-state index contributed by atoms with van der Waals surface area (Å²) in [6, 6.07) is 8.15. The Morgan fingerprint density at radius 2 is 1.95 bits per heavy atom. The highest BCUT2D eigenvalue weighted by atomic mass is 16.5. The van der Waals surface area contributed by atoms with E-state index >= 15 is 0 Å². The number of hydrogen-bond acceptors (Lipinski definition) is 3. The lowest BCUT2D eigenvalue weighted by Gasteiger charge is -2.16. The van der Waals surface area contributed by atoms with Gasteiger partial charge in [0.15, 0.2) is 0 Å². The summed E-state index contributed by atoms with van der Waals surface area (Å²) in [6.45, 7) is 4.52. The van der Waals surface area contributed by atoms with Gasteiger partial charge < -0.3 is 15.2 Å². The normalized spacial score (nSPS) is 17.0. The van der Waals surface area contributed by atoms with Crippen LogP contribution < -0.4 is 10.1 Å². The van der Waals surface area contributed by atoms with Gasteiger partial charge >= 0.3 is 0 Å².